The van der Waals surface area contributed by atoms with Crippen LogP contribution in [0.1, 0.15) is 23.7 Å². The van der Waals surface area contributed by atoms with E-state index in [1.165, 1.54) is 0 Å². The quantitative estimate of drug-likeness (QED) is 0.683. The second-order valence-electron chi connectivity index (χ2n) is 5.71. The molecule has 1 amide bonds. The normalized spacial score (nSPS) is 10.5. The van der Waals surface area contributed by atoms with Crippen LogP contribution >= 0.6 is 0 Å². The highest BCUT2D eigenvalue weighted by molar-refractivity contribution is 6.07. The molecular formula is C19H19N5O2. The van der Waals surface area contributed by atoms with Crippen LogP contribution in [-0.2, 0) is 7.05 Å². The summed E-state index contributed by atoms with van der Waals surface area (Å²) in [7, 11) is 1.85. The van der Waals surface area contributed by atoms with Gasteiger partial charge >= 0.3 is 0 Å². The zero-order valence-corrected chi connectivity index (χ0v) is 14.7. The zero-order valence-electron chi connectivity index (χ0n) is 14.7. The Morgan fingerprint density at radius 3 is 2.77 bits per heavy atom. The first-order valence-corrected chi connectivity index (χ1v) is 8.32. The van der Waals surface area contributed by atoms with E-state index in [4.69, 9.17) is 10.00 Å². The van der Waals surface area contributed by atoms with Crippen LogP contribution in [0.15, 0.2) is 42.9 Å². The van der Waals surface area contributed by atoms with E-state index in [0.29, 0.717) is 35.6 Å². The van der Waals surface area contributed by atoms with Gasteiger partial charge in [-0.3, -0.25) is 4.79 Å². The summed E-state index contributed by atoms with van der Waals surface area (Å²) < 4.78 is 7.24. The number of nitriles is 1. The Bertz CT molecular complexity index is 956. The van der Waals surface area contributed by atoms with Crippen LogP contribution in [-0.4, -0.2) is 33.6 Å². The number of ether oxygens (including phenoxy) is 1. The first kappa shape index (κ1) is 17.4. The number of imidazole rings is 1. The molecule has 0 radical (unpaired) electrons. The molecule has 0 saturated heterocycles. The maximum Gasteiger partial charge on any atom is 0.259 e. The number of aromatic nitrogens is 3. The number of hydrogen-bond acceptors (Lipinski definition) is 5. The number of pyridine rings is 1. The van der Waals surface area contributed by atoms with Crippen molar-refractivity contribution in [1.82, 2.24) is 14.5 Å². The summed E-state index contributed by atoms with van der Waals surface area (Å²) in [5.41, 5.74) is 2.51. The number of benzene rings is 1. The van der Waals surface area contributed by atoms with Crippen molar-refractivity contribution in [3.05, 3.63) is 48.4 Å². The molecule has 3 rings (SSSR count). The number of amides is 1. The lowest BCUT2D eigenvalue weighted by atomic mass is 10.2. The number of carbonyl (C=O) groups excluding carboxylic acids is 1. The number of aryl methyl sites for hydroxylation is 1. The lowest BCUT2D eigenvalue weighted by Crippen LogP contribution is -2.31. The van der Waals surface area contributed by atoms with Gasteiger partial charge in [0.25, 0.3) is 5.91 Å². The smallest absolute Gasteiger partial charge is 0.259 e. The molecule has 0 unspecified atom stereocenters. The van der Waals surface area contributed by atoms with Crippen molar-refractivity contribution in [3.63, 3.8) is 0 Å². The molecule has 0 spiro atoms. The second kappa shape index (κ2) is 7.66. The Labute approximate surface area is 151 Å². The summed E-state index contributed by atoms with van der Waals surface area (Å²) in [5, 5.41) is 8.94. The molecule has 0 saturated carbocycles. The van der Waals surface area contributed by atoms with Crippen LogP contribution in [0, 0.1) is 11.3 Å². The van der Waals surface area contributed by atoms with Crippen LogP contribution < -0.4 is 9.64 Å². The van der Waals surface area contributed by atoms with Crippen LogP contribution in [0.5, 0.6) is 5.75 Å². The molecule has 0 atom stereocenters. The van der Waals surface area contributed by atoms with E-state index in [-0.39, 0.29) is 12.3 Å². The third-order valence-electron chi connectivity index (χ3n) is 3.95. The molecule has 3 aromatic rings. The van der Waals surface area contributed by atoms with Crippen molar-refractivity contribution in [2.75, 3.05) is 18.1 Å². The van der Waals surface area contributed by atoms with E-state index in [1.54, 1.807) is 28.1 Å². The molecule has 132 valence electrons. The van der Waals surface area contributed by atoms with Crippen LogP contribution in [0.2, 0.25) is 0 Å². The summed E-state index contributed by atoms with van der Waals surface area (Å²) in [4.78, 5) is 23.2. The minimum absolute atomic E-state index is 0.218. The summed E-state index contributed by atoms with van der Waals surface area (Å²) in [5.74, 6) is 0.518. The van der Waals surface area contributed by atoms with E-state index in [2.05, 4.69) is 16.0 Å². The van der Waals surface area contributed by atoms with Gasteiger partial charge in [-0.1, -0.05) is 0 Å². The number of anilines is 1. The zero-order chi connectivity index (χ0) is 18.5. The Hall–Kier alpha value is -3.40. The minimum Gasteiger partial charge on any atom is -0.494 e. The third kappa shape index (κ3) is 3.49. The van der Waals surface area contributed by atoms with Gasteiger partial charge in [-0.05, 0) is 37.3 Å². The van der Waals surface area contributed by atoms with E-state index >= 15 is 0 Å². The van der Waals surface area contributed by atoms with Crippen molar-refractivity contribution in [3.8, 4) is 11.8 Å². The molecule has 1 aromatic carbocycles. The van der Waals surface area contributed by atoms with Gasteiger partial charge in [0, 0.05) is 25.5 Å². The number of carbonyl (C=O) groups is 1. The molecule has 2 heterocycles. The summed E-state index contributed by atoms with van der Waals surface area (Å²) in [6.07, 6.45) is 3.43. The Morgan fingerprint density at radius 1 is 1.31 bits per heavy atom. The molecule has 2 aromatic heterocycles. The van der Waals surface area contributed by atoms with Crippen molar-refractivity contribution < 1.29 is 9.53 Å². The van der Waals surface area contributed by atoms with Gasteiger partial charge in [0.15, 0.2) is 5.65 Å². The predicted octanol–water partition coefficient (Wildman–Crippen LogP) is 2.93. The molecule has 0 aliphatic carbocycles. The molecular weight excluding hydrogens is 330 g/mol. The number of fused-ring (bicyclic) bond motifs is 1. The average molecular weight is 349 g/mol. The molecule has 0 aliphatic rings. The average Bonchev–Trinajstić information content (AvgIpc) is 3.04. The monoisotopic (exact) mass is 349 g/mol. The summed E-state index contributed by atoms with van der Waals surface area (Å²) in [6.45, 7) is 2.78. The topological polar surface area (TPSA) is 84.0 Å². The lowest BCUT2D eigenvalue weighted by Gasteiger charge is -2.22. The van der Waals surface area contributed by atoms with Crippen LogP contribution in [0.4, 0.5) is 5.69 Å². The Kier molecular flexibility index (Phi) is 5.13. The Balaban J connectivity index is 1.92. The van der Waals surface area contributed by atoms with Crippen LogP contribution in [0.25, 0.3) is 11.2 Å². The van der Waals surface area contributed by atoms with Gasteiger partial charge in [0.1, 0.15) is 11.3 Å². The maximum absolute atomic E-state index is 13.0. The minimum atomic E-state index is -0.218. The van der Waals surface area contributed by atoms with Crippen molar-refractivity contribution in [2.24, 2.45) is 7.05 Å². The number of hydrogen-bond donors (Lipinski definition) is 0. The molecule has 0 fully saturated rings. The van der Waals surface area contributed by atoms with E-state index in [0.717, 1.165) is 5.75 Å². The van der Waals surface area contributed by atoms with Gasteiger partial charge in [-0.2, -0.15) is 5.26 Å². The fourth-order valence-corrected chi connectivity index (χ4v) is 2.69. The molecule has 0 N–H and O–H groups in total. The molecule has 7 heteroatoms. The fraction of sp³-hybridized carbons (Fsp3) is 0.263. The highest BCUT2D eigenvalue weighted by atomic mass is 16.5. The van der Waals surface area contributed by atoms with E-state index < -0.39 is 0 Å². The second-order valence-corrected chi connectivity index (χ2v) is 5.71. The van der Waals surface area contributed by atoms with Gasteiger partial charge in [0.2, 0.25) is 0 Å². The van der Waals surface area contributed by atoms with Gasteiger partial charge in [0.05, 0.1) is 31.0 Å². The van der Waals surface area contributed by atoms with Gasteiger partial charge < -0.3 is 14.2 Å². The SMILES string of the molecule is CCOc1ccc(N(CCC#N)C(=O)c2cnc3c(c2)ncn3C)cc1. The van der Waals surface area contributed by atoms with Gasteiger partial charge in [-0.15, -0.1) is 0 Å². The summed E-state index contributed by atoms with van der Waals surface area (Å²) >= 11 is 0. The Morgan fingerprint density at radius 2 is 2.08 bits per heavy atom. The number of nitrogens with zero attached hydrogens (tertiary/aromatic N) is 5. The summed E-state index contributed by atoms with van der Waals surface area (Å²) in [6, 6.07) is 11.1. The maximum atomic E-state index is 13.0. The van der Waals surface area contributed by atoms with Crippen molar-refractivity contribution in [2.45, 2.75) is 13.3 Å². The third-order valence-corrected chi connectivity index (χ3v) is 3.95. The lowest BCUT2D eigenvalue weighted by molar-refractivity contribution is 0.0987. The molecule has 7 nitrogen and oxygen atoms in total. The largest absolute Gasteiger partial charge is 0.494 e. The van der Waals surface area contributed by atoms with E-state index in [9.17, 15) is 4.79 Å². The first-order valence-electron chi connectivity index (χ1n) is 8.32. The van der Waals surface area contributed by atoms with Crippen molar-refractivity contribution in [1.29, 1.82) is 5.26 Å². The highest BCUT2D eigenvalue weighted by Gasteiger charge is 2.19. The van der Waals surface area contributed by atoms with Crippen molar-refractivity contribution >= 4 is 22.8 Å². The first-order chi connectivity index (χ1) is 12.6. The van der Waals surface area contributed by atoms with E-state index in [1.807, 2.05) is 38.2 Å². The predicted molar refractivity (Wildman–Crippen MR) is 98.0 cm³/mol. The number of rotatable bonds is 6. The molecule has 26 heavy (non-hydrogen) atoms. The fourth-order valence-electron chi connectivity index (χ4n) is 2.69. The standard InChI is InChI=1S/C19H19N5O2/c1-3-26-16-7-5-15(6-8-16)24(10-4-9-20)19(25)14-11-17-18(21-12-14)23(2)13-22-17/h5-8,11-13H,3-4,10H2,1-2H3. The molecule has 0 bridgehead atoms. The van der Waals surface area contributed by atoms with Gasteiger partial charge in [-0.25, -0.2) is 9.97 Å². The molecule has 0 aliphatic heterocycles. The van der Waals surface area contributed by atoms with Crippen LogP contribution in [0.3, 0.4) is 0 Å². The highest BCUT2D eigenvalue weighted by Crippen LogP contribution is 2.22.